The number of carbonyl (C=O) groups is 3. The molecule has 0 heterocycles. The lowest BCUT2D eigenvalue weighted by atomic mass is 10.1. The fraction of sp³-hybridized carbons (Fsp3) is 0.286. The zero-order chi connectivity index (χ0) is 22.4. The van der Waals surface area contributed by atoms with Crippen molar-refractivity contribution in [1.29, 1.82) is 0 Å². The number of hydrogen-bond donors (Lipinski definition) is 2. The first kappa shape index (κ1) is 22.5. The minimum atomic E-state index is -0.985. The summed E-state index contributed by atoms with van der Waals surface area (Å²) in [4.78, 5) is 47.1. The van der Waals surface area contributed by atoms with Gasteiger partial charge in [-0.15, -0.1) is 0 Å². The van der Waals surface area contributed by atoms with Crippen LogP contribution in [-0.4, -0.2) is 35.4 Å². The predicted octanol–water partition coefficient (Wildman–Crippen LogP) is 2.82. The van der Waals surface area contributed by atoms with E-state index in [-0.39, 0.29) is 11.4 Å². The summed E-state index contributed by atoms with van der Waals surface area (Å²) in [6.07, 6.45) is 0. The number of nitrogens with zero attached hydrogens (tertiary/aromatic N) is 1. The number of benzene rings is 2. The van der Waals surface area contributed by atoms with E-state index in [9.17, 15) is 24.5 Å². The average Bonchev–Trinajstić information content (AvgIpc) is 2.69. The van der Waals surface area contributed by atoms with Crippen molar-refractivity contribution in [2.75, 3.05) is 11.9 Å². The Morgan fingerprint density at radius 3 is 2.47 bits per heavy atom. The van der Waals surface area contributed by atoms with Crippen molar-refractivity contribution in [2.24, 2.45) is 0 Å². The molecule has 0 aliphatic carbocycles. The SMILES string of the molecule is Cc1cccc(C(=O)N[C@@H](C)C(=O)OCC(=O)Nc2c([N+](=O)[O-])ccc(C)c2C)c1. The highest BCUT2D eigenvalue weighted by atomic mass is 16.6. The minimum absolute atomic E-state index is 0.0573. The Bertz CT molecular complexity index is 1000. The van der Waals surface area contributed by atoms with E-state index in [1.54, 1.807) is 38.1 Å². The molecule has 2 amide bonds. The van der Waals surface area contributed by atoms with Gasteiger partial charge in [0.25, 0.3) is 17.5 Å². The van der Waals surface area contributed by atoms with Gasteiger partial charge >= 0.3 is 5.97 Å². The largest absolute Gasteiger partial charge is 0.454 e. The van der Waals surface area contributed by atoms with E-state index < -0.39 is 35.4 Å². The van der Waals surface area contributed by atoms with Crippen LogP contribution >= 0.6 is 0 Å². The number of ether oxygens (including phenoxy) is 1. The van der Waals surface area contributed by atoms with Gasteiger partial charge in [-0.2, -0.15) is 0 Å². The molecule has 0 aliphatic rings. The Morgan fingerprint density at radius 1 is 1.13 bits per heavy atom. The van der Waals surface area contributed by atoms with E-state index in [4.69, 9.17) is 4.74 Å². The van der Waals surface area contributed by atoms with Crippen LogP contribution in [0.4, 0.5) is 11.4 Å². The van der Waals surface area contributed by atoms with Crippen LogP contribution in [0.3, 0.4) is 0 Å². The topological polar surface area (TPSA) is 128 Å². The molecule has 0 aromatic heterocycles. The number of rotatable bonds is 7. The van der Waals surface area contributed by atoms with Gasteiger partial charge in [-0.25, -0.2) is 4.79 Å². The molecule has 2 rings (SSSR count). The van der Waals surface area contributed by atoms with Crippen molar-refractivity contribution >= 4 is 29.2 Å². The molecule has 0 radical (unpaired) electrons. The summed E-state index contributed by atoms with van der Waals surface area (Å²) in [6, 6.07) is 8.76. The van der Waals surface area contributed by atoms with Crippen molar-refractivity contribution in [3.05, 3.63) is 68.8 Å². The highest BCUT2D eigenvalue weighted by Gasteiger charge is 2.22. The molecule has 1 atom stereocenters. The van der Waals surface area contributed by atoms with Crippen molar-refractivity contribution in [1.82, 2.24) is 5.32 Å². The molecule has 2 aromatic rings. The number of nitrogens with one attached hydrogen (secondary N) is 2. The van der Waals surface area contributed by atoms with Crippen molar-refractivity contribution < 1.29 is 24.0 Å². The summed E-state index contributed by atoms with van der Waals surface area (Å²) in [7, 11) is 0. The van der Waals surface area contributed by atoms with Gasteiger partial charge in [0.05, 0.1) is 4.92 Å². The van der Waals surface area contributed by atoms with Crippen LogP contribution in [-0.2, 0) is 14.3 Å². The summed E-state index contributed by atoms with van der Waals surface area (Å²) in [5.41, 5.74) is 2.41. The number of amides is 2. The molecule has 9 nitrogen and oxygen atoms in total. The lowest BCUT2D eigenvalue weighted by molar-refractivity contribution is -0.384. The van der Waals surface area contributed by atoms with Crippen LogP contribution in [0, 0.1) is 30.9 Å². The van der Waals surface area contributed by atoms with E-state index in [0.29, 0.717) is 11.1 Å². The van der Waals surface area contributed by atoms with Crippen molar-refractivity contribution in [2.45, 2.75) is 33.7 Å². The van der Waals surface area contributed by atoms with E-state index in [1.807, 2.05) is 13.0 Å². The molecular formula is C21H23N3O6. The number of anilines is 1. The normalized spacial score (nSPS) is 11.3. The number of hydrogen-bond acceptors (Lipinski definition) is 6. The Hall–Kier alpha value is -3.75. The smallest absolute Gasteiger partial charge is 0.328 e. The second kappa shape index (κ2) is 9.64. The Balaban J connectivity index is 1.95. The molecule has 0 bridgehead atoms. The third-order valence-corrected chi connectivity index (χ3v) is 4.50. The predicted molar refractivity (Wildman–Crippen MR) is 110 cm³/mol. The average molecular weight is 413 g/mol. The fourth-order valence-corrected chi connectivity index (χ4v) is 2.67. The quantitative estimate of drug-likeness (QED) is 0.408. The molecule has 2 aromatic carbocycles. The van der Waals surface area contributed by atoms with Crippen LogP contribution in [0.5, 0.6) is 0 Å². The molecule has 0 fully saturated rings. The van der Waals surface area contributed by atoms with Gasteiger partial charge < -0.3 is 15.4 Å². The first-order valence-electron chi connectivity index (χ1n) is 9.18. The standard InChI is InChI=1S/C21H23N3O6/c1-12-6-5-7-16(10-12)20(26)22-15(4)21(27)30-11-18(25)23-19-14(3)13(2)8-9-17(19)24(28)29/h5-10,15H,11H2,1-4H3,(H,22,26)(H,23,25)/t15-/m0/s1. The number of nitro benzene ring substituents is 1. The number of aryl methyl sites for hydroxylation is 2. The van der Waals surface area contributed by atoms with Crippen molar-refractivity contribution in [3.63, 3.8) is 0 Å². The van der Waals surface area contributed by atoms with Crippen LogP contribution in [0.25, 0.3) is 0 Å². The van der Waals surface area contributed by atoms with Crippen LogP contribution in [0.15, 0.2) is 36.4 Å². The maximum Gasteiger partial charge on any atom is 0.328 e. The van der Waals surface area contributed by atoms with Gasteiger partial charge in [-0.3, -0.25) is 19.7 Å². The lowest BCUT2D eigenvalue weighted by Crippen LogP contribution is -2.40. The molecule has 0 saturated heterocycles. The van der Waals surface area contributed by atoms with Gasteiger partial charge in [-0.05, 0) is 51.0 Å². The van der Waals surface area contributed by atoms with Gasteiger partial charge in [0.15, 0.2) is 6.61 Å². The number of carbonyl (C=O) groups excluding carboxylic acids is 3. The number of esters is 1. The van der Waals surface area contributed by atoms with Crippen LogP contribution in [0.1, 0.15) is 34.0 Å². The zero-order valence-electron chi connectivity index (χ0n) is 17.1. The summed E-state index contributed by atoms with van der Waals surface area (Å²) in [5, 5.41) is 16.1. The molecule has 0 saturated carbocycles. The molecule has 2 N–H and O–H groups in total. The van der Waals surface area contributed by atoms with Gasteiger partial charge in [-0.1, -0.05) is 23.8 Å². The highest BCUT2D eigenvalue weighted by Crippen LogP contribution is 2.30. The third kappa shape index (κ3) is 5.63. The monoisotopic (exact) mass is 413 g/mol. The molecule has 0 spiro atoms. The second-order valence-electron chi connectivity index (χ2n) is 6.88. The summed E-state index contributed by atoms with van der Waals surface area (Å²) >= 11 is 0. The highest BCUT2D eigenvalue weighted by molar-refractivity contribution is 5.98. The summed E-state index contributed by atoms with van der Waals surface area (Å²) in [6.45, 7) is 6.03. The maximum atomic E-state index is 12.2. The Labute approximate surface area is 173 Å². The zero-order valence-corrected chi connectivity index (χ0v) is 17.1. The second-order valence-corrected chi connectivity index (χ2v) is 6.88. The lowest BCUT2D eigenvalue weighted by Gasteiger charge is -2.14. The van der Waals surface area contributed by atoms with Crippen LogP contribution in [0.2, 0.25) is 0 Å². The maximum absolute atomic E-state index is 12.2. The molecule has 30 heavy (non-hydrogen) atoms. The molecular weight excluding hydrogens is 390 g/mol. The molecule has 0 unspecified atom stereocenters. The van der Waals surface area contributed by atoms with Crippen LogP contribution < -0.4 is 10.6 Å². The van der Waals surface area contributed by atoms with Gasteiger partial charge in [0.1, 0.15) is 11.7 Å². The Kier molecular flexibility index (Phi) is 7.24. The minimum Gasteiger partial charge on any atom is -0.454 e. The van der Waals surface area contributed by atoms with E-state index in [2.05, 4.69) is 10.6 Å². The number of nitro groups is 1. The van der Waals surface area contributed by atoms with E-state index in [0.717, 1.165) is 11.1 Å². The molecule has 0 aliphatic heterocycles. The first-order valence-corrected chi connectivity index (χ1v) is 9.18. The fourth-order valence-electron chi connectivity index (χ4n) is 2.67. The third-order valence-electron chi connectivity index (χ3n) is 4.50. The summed E-state index contributed by atoms with van der Waals surface area (Å²) in [5.74, 6) is -1.97. The molecule has 9 heteroatoms. The van der Waals surface area contributed by atoms with E-state index >= 15 is 0 Å². The van der Waals surface area contributed by atoms with Gasteiger partial charge in [0, 0.05) is 11.6 Å². The first-order chi connectivity index (χ1) is 14.1. The van der Waals surface area contributed by atoms with E-state index in [1.165, 1.54) is 13.0 Å². The van der Waals surface area contributed by atoms with Gasteiger partial charge in [0.2, 0.25) is 0 Å². The Morgan fingerprint density at radius 2 is 1.83 bits per heavy atom. The van der Waals surface area contributed by atoms with Crippen molar-refractivity contribution in [3.8, 4) is 0 Å². The summed E-state index contributed by atoms with van der Waals surface area (Å²) < 4.78 is 4.93. The molecule has 158 valence electrons.